The van der Waals surface area contributed by atoms with Gasteiger partial charge in [-0.3, -0.25) is 18.6 Å². The maximum Gasteiger partial charge on any atom is 0.472 e. The first kappa shape index (κ1) is 66.7. The Morgan fingerprint density at radius 3 is 1.20 bits per heavy atom. The van der Waals surface area contributed by atoms with Gasteiger partial charge < -0.3 is 20.1 Å². The zero-order valence-corrected chi connectivity index (χ0v) is 45.7. The second kappa shape index (κ2) is 55.0. The van der Waals surface area contributed by atoms with Gasteiger partial charge in [-0.05, 0) is 77.0 Å². The zero-order chi connectivity index (χ0) is 50.2. The molecule has 0 heterocycles. The summed E-state index contributed by atoms with van der Waals surface area (Å²) in [5.74, 6) is -0.856. The van der Waals surface area contributed by atoms with Gasteiger partial charge in [0.1, 0.15) is 6.61 Å². The number of phosphoric ester groups is 1. The number of esters is 2. The van der Waals surface area contributed by atoms with Crippen molar-refractivity contribution in [2.24, 2.45) is 5.73 Å². The number of hydrogen-bond donors (Lipinski definition) is 2. The minimum atomic E-state index is -4.39. The van der Waals surface area contributed by atoms with Crippen LogP contribution in [0.25, 0.3) is 0 Å². The van der Waals surface area contributed by atoms with Crippen LogP contribution in [-0.2, 0) is 32.7 Å². The first-order valence-corrected chi connectivity index (χ1v) is 30.3. The third-order valence-corrected chi connectivity index (χ3v) is 13.4. The molecule has 10 heteroatoms. The molecule has 0 aromatic carbocycles. The molecule has 0 fully saturated rings. The fourth-order valence-electron chi connectivity index (χ4n) is 8.15. The van der Waals surface area contributed by atoms with Crippen LogP contribution >= 0.6 is 7.82 Å². The summed E-state index contributed by atoms with van der Waals surface area (Å²) in [5, 5.41) is 0. The van der Waals surface area contributed by atoms with E-state index in [1.54, 1.807) is 0 Å². The third-order valence-electron chi connectivity index (χ3n) is 12.4. The summed E-state index contributed by atoms with van der Waals surface area (Å²) in [4.78, 5) is 35.0. The van der Waals surface area contributed by atoms with Crippen LogP contribution < -0.4 is 5.73 Å². The Morgan fingerprint density at radius 1 is 0.449 bits per heavy atom. The molecule has 9 nitrogen and oxygen atoms in total. The molecule has 0 saturated heterocycles. The van der Waals surface area contributed by atoms with E-state index in [1.165, 1.54) is 173 Å². The Hall–Kier alpha value is -2.29. The molecule has 3 N–H and O–H groups in total. The molecule has 2 unspecified atom stereocenters. The second-order valence-electron chi connectivity index (χ2n) is 19.1. The predicted octanol–water partition coefficient (Wildman–Crippen LogP) is 18.0. The molecule has 402 valence electrons. The highest BCUT2D eigenvalue weighted by Gasteiger charge is 2.26. The number of carbonyl (C=O) groups is 2. The van der Waals surface area contributed by atoms with Gasteiger partial charge in [0.2, 0.25) is 0 Å². The van der Waals surface area contributed by atoms with Crippen molar-refractivity contribution in [3.63, 3.8) is 0 Å². The number of allylic oxidation sites excluding steroid dienone is 10. The summed E-state index contributed by atoms with van der Waals surface area (Å²) in [6.07, 6.45) is 68.9. The minimum absolute atomic E-state index is 0.0477. The largest absolute Gasteiger partial charge is 0.472 e. The van der Waals surface area contributed by atoms with Crippen molar-refractivity contribution in [2.75, 3.05) is 26.4 Å². The van der Waals surface area contributed by atoms with E-state index < -0.39 is 26.5 Å². The highest BCUT2D eigenvalue weighted by molar-refractivity contribution is 7.47. The molecule has 2 atom stereocenters. The number of carbonyl (C=O) groups excluding carboxylic acids is 2. The van der Waals surface area contributed by atoms with Gasteiger partial charge in [-0.25, -0.2) is 4.57 Å². The van der Waals surface area contributed by atoms with Crippen LogP contribution in [0, 0.1) is 0 Å². The lowest BCUT2D eigenvalue weighted by Gasteiger charge is -2.19. The Morgan fingerprint density at radius 2 is 0.797 bits per heavy atom. The molecule has 0 bridgehead atoms. The van der Waals surface area contributed by atoms with Crippen LogP contribution in [0.3, 0.4) is 0 Å². The molecule has 69 heavy (non-hydrogen) atoms. The molecule has 0 radical (unpaired) electrons. The Kier molecular flexibility index (Phi) is 53.2. The van der Waals surface area contributed by atoms with Crippen LogP contribution in [0.5, 0.6) is 0 Å². The van der Waals surface area contributed by atoms with Crippen molar-refractivity contribution in [1.29, 1.82) is 0 Å². The zero-order valence-electron chi connectivity index (χ0n) is 44.8. The lowest BCUT2D eigenvalue weighted by atomic mass is 10.0. The standard InChI is InChI=1S/C59H108NO8P/c1-3-5-7-9-11-13-15-17-18-19-20-21-22-23-24-25-26-27-28-29-30-31-32-33-34-35-36-37-38-40-41-43-45-47-49-51-58(61)65-55-57(56-67-69(63,64)66-54-53-60)68-59(62)52-50-48-46-44-42-39-16-14-12-10-8-6-4-2/h6,8,12,14-15,17,19-20,39,42,57H,3-5,7,9-11,13,16,18,21-38,40-41,43-56,60H2,1-2H3,(H,63,64)/b8-6-,14-12-,17-15-,20-19-,42-39-. The average Bonchev–Trinajstić information content (AvgIpc) is 3.34. The smallest absolute Gasteiger partial charge is 0.462 e. The van der Waals surface area contributed by atoms with Crippen molar-refractivity contribution in [3.8, 4) is 0 Å². The average molecular weight is 990 g/mol. The quantitative estimate of drug-likeness (QED) is 0.0264. The summed E-state index contributed by atoms with van der Waals surface area (Å²) in [7, 11) is -4.39. The van der Waals surface area contributed by atoms with Crippen LogP contribution in [0.4, 0.5) is 0 Å². The Balaban J connectivity index is 3.80. The highest BCUT2D eigenvalue weighted by Crippen LogP contribution is 2.43. The number of ether oxygens (including phenoxy) is 2. The molecule has 0 aromatic heterocycles. The van der Waals surface area contributed by atoms with Gasteiger partial charge in [0.15, 0.2) is 6.10 Å². The van der Waals surface area contributed by atoms with Gasteiger partial charge in [0, 0.05) is 19.4 Å². The molecule has 0 rings (SSSR count). The second-order valence-corrected chi connectivity index (χ2v) is 20.6. The van der Waals surface area contributed by atoms with E-state index in [1.807, 2.05) is 0 Å². The number of unbranched alkanes of at least 4 members (excludes halogenated alkanes) is 31. The number of phosphoric acid groups is 1. The topological polar surface area (TPSA) is 134 Å². The van der Waals surface area contributed by atoms with Gasteiger partial charge in [-0.1, -0.05) is 242 Å². The van der Waals surface area contributed by atoms with Crippen molar-refractivity contribution in [2.45, 2.75) is 277 Å². The van der Waals surface area contributed by atoms with E-state index in [2.05, 4.69) is 74.6 Å². The molecule has 0 aliphatic rings. The Labute approximate surface area is 425 Å². The summed E-state index contributed by atoms with van der Waals surface area (Å²) in [6.45, 7) is 3.60. The van der Waals surface area contributed by atoms with Crippen LogP contribution in [0.2, 0.25) is 0 Å². The maximum atomic E-state index is 12.6. The maximum absolute atomic E-state index is 12.6. The van der Waals surface area contributed by atoms with Gasteiger partial charge in [-0.2, -0.15) is 0 Å². The molecule has 0 aliphatic heterocycles. The van der Waals surface area contributed by atoms with Gasteiger partial charge in [0.05, 0.1) is 13.2 Å². The number of rotatable bonds is 54. The van der Waals surface area contributed by atoms with Crippen molar-refractivity contribution < 1.29 is 37.6 Å². The predicted molar refractivity (Wildman–Crippen MR) is 293 cm³/mol. The molecule has 0 aliphatic carbocycles. The van der Waals surface area contributed by atoms with Crippen molar-refractivity contribution >= 4 is 19.8 Å². The molecular formula is C59H108NO8P. The summed E-state index contributed by atoms with van der Waals surface area (Å²) in [5.41, 5.74) is 5.36. The fourth-order valence-corrected chi connectivity index (χ4v) is 8.92. The fraction of sp³-hybridized carbons (Fsp3) is 0.797. The van der Waals surface area contributed by atoms with Gasteiger partial charge in [-0.15, -0.1) is 0 Å². The lowest BCUT2D eigenvalue weighted by molar-refractivity contribution is -0.161. The van der Waals surface area contributed by atoms with E-state index in [4.69, 9.17) is 24.3 Å². The number of hydrogen-bond acceptors (Lipinski definition) is 8. The molecular weight excluding hydrogens is 882 g/mol. The summed E-state index contributed by atoms with van der Waals surface area (Å²) < 4.78 is 32.9. The lowest BCUT2D eigenvalue weighted by Crippen LogP contribution is -2.29. The highest BCUT2D eigenvalue weighted by atomic mass is 31.2. The van der Waals surface area contributed by atoms with E-state index in [-0.39, 0.29) is 38.6 Å². The number of nitrogens with two attached hydrogens (primary N) is 1. The van der Waals surface area contributed by atoms with E-state index in [9.17, 15) is 19.0 Å². The Bertz CT molecular complexity index is 1310. The molecule has 0 aromatic rings. The first-order chi connectivity index (χ1) is 33.8. The monoisotopic (exact) mass is 990 g/mol. The van der Waals surface area contributed by atoms with Crippen molar-refractivity contribution in [1.82, 2.24) is 0 Å². The van der Waals surface area contributed by atoms with E-state index in [0.29, 0.717) is 6.42 Å². The molecule has 0 amide bonds. The third kappa shape index (κ3) is 54.9. The van der Waals surface area contributed by atoms with Crippen LogP contribution in [0.15, 0.2) is 60.8 Å². The minimum Gasteiger partial charge on any atom is -0.462 e. The van der Waals surface area contributed by atoms with Gasteiger partial charge >= 0.3 is 19.8 Å². The first-order valence-electron chi connectivity index (χ1n) is 28.8. The van der Waals surface area contributed by atoms with Crippen LogP contribution in [0.1, 0.15) is 271 Å². The summed E-state index contributed by atoms with van der Waals surface area (Å²) >= 11 is 0. The SMILES string of the molecule is CC/C=C\C/C=C\C/C=C\CCCCCC(=O)OC(COC(=O)CCCCCCCCCCCCCCCCCCCCCCCCC/C=C\C/C=C\CCCCCCC)COP(=O)(O)OCCN. The van der Waals surface area contributed by atoms with Crippen molar-refractivity contribution in [3.05, 3.63) is 60.8 Å². The van der Waals surface area contributed by atoms with Gasteiger partial charge in [0.25, 0.3) is 0 Å². The van der Waals surface area contributed by atoms with E-state index in [0.717, 1.165) is 64.2 Å². The summed E-state index contributed by atoms with van der Waals surface area (Å²) in [6, 6.07) is 0. The van der Waals surface area contributed by atoms with E-state index >= 15 is 0 Å². The van der Waals surface area contributed by atoms with Crippen LogP contribution in [-0.4, -0.2) is 49.3 Å². The normalized spacial score (nSPS) is 13.5. The molecule has 0 spiro atoms. The molecule has 0 saturated carbocycles.